The second-order valence-electron chi connectivity index (χ2n) is 12.3. The lowest BCUT2D eigenvalue weighted by molar-refractivity contribution is -0.112. The summed E-state index contributed by atoms with van der Waals surface area (Å²) >= 11 is 0. The van der Waals surface area contributed by atoms with Crippen molar-refractivity contribution in [2.45, 2.75) is 77.7 Å². The SMILES string of the molecule is CC(C)CCN(C(=O)OCc1ccccc1)[C@@H](CCC(F)C=O)CO[Si](c1ccccc1)(c1ccccc1)C(C)(C)C. The summed E-state index contributed by atoms with van der Waals surface area (Å²) in [6, 6.07) is 29.6. The molecule has 0 heterocycles. The van der Waals surface area contributed by atoms with Crippen LogP contribution in [0, 0.1) is 5.92 Å². The van der Waals surface area contributed by atoms with Crippen LogP contribution in [0.1, 0.15) is 59.4 Å². The van der Waals surface area contributed by atoms with Crippen molar-refractivity contribution in [2.24, 2.45) is 5.92 Å². The van der Waals surface area contributed by atoms with E-state index < -0.39 is 26.6 Å². The maximum atomic E-state index is 14.3. The van der Waals surface area contributed by atoms with Crippen LogP contribution < -0.4 is 10.4 Å². The van der Waals surface area contributed by atoms with Crippen molar-refractivity contribution in [1.29, 1.82) is 0 Å². The summed E-state index contributed by atoms with van der Waals surface area (Å²) in [5.41, 5.74) is 0.888. The standard InChI is InChI=1S/C35H46FNO4Si/c1-28(2)23-24-37(34(39)40-26-29-15-9-6-10-16-29)31(22-21-30(36)25-38)27-41-42(35(3,4)5,32-17-11-7-12-18-32)33-19-13-8-14-20-33/h6-20,25,28,30-31H,21-24,26-27H2,1-5H3/t30?,31-/m0/s1. The zero-order valence-electron chi connectivity index (χ0n) is 25.7. The molecule has 226 valence electrons. The zero-order valence-corrected chi connectivity index (χ0v) is 26.7. The van der Waals surface area contributed by atoms with Crippen LogP contribution in [-0.4, -0.2) is 51.0 Å². The lowest BCUT2D eigenvalue weighted by Crippen LogP contribution is -2.67. The molecular formula is C35H46FNO4Si. The first-order valence-corrected chi connectivity index (χ1v) is 16.8. The number of hydrogen-bond acceptors (Lipinski definition) is 4. The topological polar surface area (TPSA) is 55.8 Å². The molecule has 42 heavy (non-hydrogen) atoms. The Morgan fingerprint density at radius 2 is 1.38 bits per heavy atom. The number of nitrogens with zero attached hydrogens (tertiary/aromatic N) is 1. The highest BCUT2D eigenvalue weighted by atomic mass is 28.4. The Morgan fingerprint density at radius 3 is 1.86 bits per heavy atom. The van der Waals surface area contributed by atoms with Crippen LogP contribution in [0.25, 0.3) is 0 Å². The van der Waals surface area contributed by atoms with Crippen LogP contribution >= 0.6 is 0 Å². The van der Waals surface area contributed by atoms with Gasteiger partial charge in [-0.05, 0) is 46.2 Å². The first-order chi connectivity index (χ1) is 20.1. The fourth-order valence-corrected chi connectivity index (χ4v) is 9.95. The van der Waals surface area contributed by atoms with E-state index in [1.54, 1.807) is 4.90 Å². The van der Waals surface area contributed by atoms with Crippen molar-refractivity contribution in [3.05, 3.63) is 96.6 Å². The molecule has 0 spiro atoms. The molecule has 5 nitrogen and oxygen atoms in total. The molecular weight excluding hydrogens is 545 g/mol. The molecule has 3 rings (SSSR count). The van der Waals surface area contributed by atoms with E-state index in [4.69, 9.17) is 9.16 Å². The minimum atomic E-state index is -2.92. The first-order valence-electron chi connectivity index (χ1n) is 14.9. The highest BCUT2D eigenvalue weighted by Crippen LogP contribution is 2.37. The molecule has 0 aromatic heterocycles. The summed E-state index contributed by atoms with van der Waals surface area (Å²) in [4.78, 5) is 26.5. The molecule has 1 unspecified atom stereocenters. The summed E-state index contributed by atoms with van der Waals surface area (Å²) in [5.74, 6) is 0.344. The van der Waals surface area contributed by atoms with Gasteiger partial charge in [0.15, 0.2) is 12.5 Å². The molecule has 3 aromatic rings. The van der Waals surface area contributed by atoms with Crippen molar-refractivity contribution < 1.29 is 23.1 Å². The third-order valence-electron chi connectivity index (χ3n) is 7.66. The van der Waals surface area contributed by atoms with E-state index in [2.05, 4.69) is 58.9 Å². The van der Waals surface area contributed by atoms with E-state index in [0.29, 0.717) is 18.7 Å². The molecule has 0 saturated carbocycles. The fraction of sp³-hybridized carbons (Fsp3) is 0.429. The van der Waals surface area contributed by atoms with E-state index in [9.17, 15) is 14.0 Å². The van der Waals surface area contributed by atoms with Crippen molar-refractivity contribution in [3.63, 3.8) is 0 Å². The van der Waals surface area contributed by atoms with Gasteiger partial charge in [-0.25, -0.2) is 9.18 Å². The quantitative estimate of drug-likeness (QED) is 0.142. The lowest BCUT2D eigenvalue weighted by Gasteiger charge is -2.44. The van der Waals surface area contributed by atoms with Crippen LogP contribution in [0.2, 0.25) is 5.04 Å². The van der Waals surface area contributed by atoms with E-state index in [0.717, 1.165) is 22.4 Å². The number of benzene rings is 3. The second-order valence-corrected chi connectivity index (χ2v) is 16.6. The molecule has 0 aliphatic rings. The highest BCUT2D eigenvalue weighted by Gasteiger charge is 2.50. The van der Waals surface area contributed by atoms with Gasteiger partial charge in [-0.15, -0.1) is 0 Å². The van der Waals surface area contributed by atoms with E-state index in [1.807, 2.05) is 66.7 Å². The van der Waals surface area contributed by atoms with Gasteiger partial charge in [0.05, 0.1) is 12.6 Å². The average molecular weight is 592 g/mol. The lowest BCUT2D eigenvalue weighted by atomic mass is 10.1. The van der Waals surface area contributed by atoms with Gasteiger partial charge in [-0.3, -0.25) is 0 Å². The maximum absolute atomic E-state index is 14.3. The number of rotatable bonds is 15. The largest absolute Gasteiger partial charge is 0.445 e. The average Bonchev–Trinajstić information content (AvgIpc) is 2.99. The van der Waals surface area contributed by atoms with Crippen LogP contribution in [-0.2, 0) is 20.6 Å². The monoisotopic (exact) mass is 591 g/mol. The molecule has 0 aliphatic heterocycles. The van der Waals surface area contributed by atoms with Gasteiger partial charge < -0.3 is 18.9 Å². The Hall–Kier alpha value is -3.29. The summed E-state index contributed by atoms with van der Waals surface area (Å²) < 4.78 is 27.3. The second kappa shape index (κ2) is 15.8. The van der Waals surface area contributed by atoms with Crippen LogP contribution in [0.3, 0.4) is 0 Å². The van der Waals surface area contributed by atoms with Crippen molar-refractivity contribution >= 4 is 31.1 Å². The predicted octanol–water partition coefficient (Wildman–Crippen LogP) is 6.93. The Bertz CT molecular complexity index is 1180. The van der Waals surface area contributed by atoms with Gasteiger partial charge >= 0.3 is 6.09 Å². The molecule has 0 bridgehead atoms. The minimum Gasteiger partial charge on any atom is -0.445 e. The Balaban J connectivity index is 2.00. The van der Waals surface area contributed by atoms with Crippen molar-refractivity contribution in [1.82, 2.24) is 4.90 Å². The van der Waals surface area contributed by atoms with Crippen molar-refractivity contribution in [2.75, 3.05) is 13.2 Å². The zero-order chi connectivity index (χ0) is 30.6. The molecule has 0 aliphatic carbocycles. The Kier molecular flexibility index (Phi) is 12.5. The molecule has 3 aromatic carbocycles. The predicted molar refractivity (Wildman–Crippen MR) is 170 cm³/mol. The molecule has 1 amide bonds. The summed E-state index contributed by atoms with van der Waals surface area (Å²) in [5, 5.41) is 1.99. The summed E-state index contributed by atoms with van der Waals surface area (Å²) in [6.07, 6.45) is -0.710. The van der Waals surface area contributed by atoms with Gasteiger partial charge in [0.1, 0.15) is 6.61 Å². The molecule has 0 radical (unpaired) electrons. The van der Waals surface area contributed by atoms with Gasteiger partial charge in [0.25, 0.3) is 8.32 Å². The van der Waals surface area contributed by atoms with Gasteiger partial charge in [-0.1, -0.05) is 126 Å². The van der Waals surface area contributed by atoms with Gasteiger partial charge in [0, 0.05) is 6.54 Å². The number of ether oxygens (including phenoxy) is 1. The Labute approximate surface area is 252 Å². The van der Waals surface area contributed by atoms with Crippen molar-refractivity contribution in [3.8, 4) is 0 Å². The number of carbonyl (C=O) groups excluding carboxylic acids is 2. The number of alkyl halides is 1. The van der Waals surface area contributed by atoms with Crippen LogP contribution in [0.15, 0.2) is 91.0 Å². The minimum absolute atomic E-state index is 0.00240. The third kappa shape index (κ3) is 8.85. The number of halogens is 1. The van der Waals surface area contributed by atoms with E-state index in [-0.39, 0.29) is 31.1 Å². The third-order valence-corrected chi connectivity index (χ3v) is 12.7. The highest BCUT2D eigenvalue weighted by molar-refractivity contribution is 6.99. The molecule has 2 atom stereocenters. The van der Waals surface area contributed by atoms with Crippen LogP contribution in [0.4, 0.5) is 9.18 Å². The first kappa shape index (κ1) is 33.2. The van der Waals surface area contributed by atoms with E-state index >= 15 is 0 Å². The maximum Gasteiger partial charge on any atom is 0.410 e. The Morgan fingerprint density at radius 1 is 0.857 bits per heavy atom. The van der Waals surface area contributed by atoms with Gasteiger partial charge in [-0.2, -0.15) is 0 Å². The number of aldehydes is 1. The van der Waals surface area contributed by atoms with Gasteiger partial charge in [0.2, 0.25) is 0 Å². The number of amides is 1. The molecule has 0 saturated heterocycles. The number of carbonyl (C=O) groups is 2. The molecule has 0 fully saturated rings. The smallest absolute Gasteiger partial charge is 0.410 e. The molecule has 0 N–H and O–H groups in total. The fourth-order valence-electron chi connectivity index (χ4n) is 5.35. The summed E-state index contributed by atoms with van der Waals surface area (Å²) in [7, 11) is -2.92. The normalized spacial score (nSPS) is 13.4. The van der Waals surface area contributed by atoms with E-state index in [1.165, 1.54) is 0 Å². The summed E-state index contributed by atoms with van der Waals surface area (Å²) in [6.45, 7) is 11.6. The molecule has 7 heteroatoms. The number of hydrogen-bond donors (Lipinski definition) is 0. The van der Waals surface area contributed by atoms with Crippen LogP contribution in [0.5, 0.6) is 0 Å².